The first kappa shape index (κ1) is 12.6. The maximum Gasteiger partial charge on any atom is 0.0639 e. The maximum absolute atomic E-state index is 9.36. The number of nitrogens with zero attached hydrogens (tertiary/aromatic N) is 3. The number of aliphatic hydroxyl groups excluding tert-OH is 1. The third-order valence-electron chi connectivity index (χ3n) is 2.19. The predicted octanol–water partition coefficient (Wildman–Crippen LogP) is 1.18. The van der Waals surface area contributed by atoms with Crippen molar-refractivity contribution in [2.75, 3.05) is 13.1 Å². The van der Waals surface area contributed by atoms with Crippen LogP contribution in [0.15, 0.2) is 24.5 Å². The van der Waals surface area contributed by atoms with E-state index < -0.39 is 0 Å². The molecule has 16 heavy (non-hydrogen) atoms. The summed E-state index contributed by atoms with van der Waals surface area (Å²) in [6.07, 6.45) is 3.64. The first-order chi connectivity index (χ1) is 7.72. The number of nitriles is 1. The van der Waals surface area contributed by atoms with Crippen molar-refractivity contribution < 1.29 is 5.11 Å². The second-order valence-corrected chi connectivity index (χ2v) is 3.85. The van der Waals surface area contributed by atoms with Crippen molar-refractivity contribution in [2.45, 2.75) is 26.0 Å². The van der Waals surface area contributed by atoms with E-state index in [2.05, 4.69) is 16.0 Å². The minimum Gasteiger partial charge on any atom is -0.392 e. The first-order valence-corrected chi connectivity index (χ1v) is 5.38. The van der Waals surface area contributed by atoms with E-state index in [1.165, 1.54) is 0 Å². The molecule has 4 nitrogen and oxygen atoms in total. The molecule has 0 saturated heterocycles. The molecule has 0 bridgehead atoms. The summed E-state index contributed by atoms with van der Waals surface area (Å²) in [6.45, 7) is 3.73. The molecule has 0 aromatic carbocycles. The van der Waals surface area contributed by atoms with Crippen LogP contribution in [0.4, 0.5) is 0 Å². The molecule has 0 aliphatic heterocycles. The van der Waals surface area contributed by atoms with Crippen LogP contribution in [0.25, 0.3) is 0 Å². The van der Waals surface area contributed by atoms with Gasteiger partial charge in [-0.15, -0.1) is 0 Å². The quantitative estimate of drug-likeness (QED) is 0.780. The van der Waals surface area contributed by atoms with E-state index in [9.17, 15) is 5.11 Å². The van der Waals surface area contributed by atoms with Gasteiger partial charge in [0.25, 0.3) is 0 Å². The zero-order chi connectivity index (χ0) is 11.8. The van der Waals surface area contributed by atoms with Gasteiger partial charge in [-0.2, -0.15) is 5.26 Å². The molecule has 1 unspecified atom stereocenters. The molecule has 1 N–H and O–H groups in total. The lowest BCUT2D eigenvalue weighted by Gasteiger charge is -2.22. The van der Waals surface area contributed by atoms with Gasteiger partial charge in [0.15, 0.2) is 0 Å². The Morgan fingerprint density at radius 2 is 2.44 bits per heavy atom. The lowest BCUT2D eigenvalue weighted by atomic mass is 10.2. The summed E-state index contributed by atoms with van der Waals surface area (Å²) in [5.74, 6) is 0. The molecule has 0 aliphatic rings. The molecule has 0 aliphatic carbocycles. The Balaban J connectivity index is 2.53. The summed E-state index contributed by atoms with van der Waals surface area (Å²) in [5.41, 5.74) is 1.10. The van der Waals surface area contributed by atoms with E-state index in [0.717, 1.165) is 12.1 Å². The van der Waals surface area contributed by atoms with Gasteiger partial charge < -0.3 is 5.11 Å². The number of pyridine rings is 1. The van der Waals surface area contributed by atoms with E-state index in [-0.39, 0.29) is 6.10 Å². The smallest absolute Gasteiger partial charge is 0.0639 e. The van der Waals surface area contributed by atoms with E-state index >= 15 is 0 Å². The molecular formula is C12H17N3O. The molecule has 0 saturated carbocycles. The molecule has 1 atom stereocenters. The second-order valence-electron chi connectivity index (χ2n) is 3.85. The van der Waals surface area contributed by atoms with Crippen molar-refractivity contribution in [3.63, 3.8) is 0 Å². The summed E-state index contributed by atoms with van der Waals surface area (Å²) in [7, 11) is 0. The summed E-state index contributed by atoms with van der Waals surface area (Å²) in [5, 5.41) is 17.9. The van der Waals surface area contributed by atoms with Gasteiger partial charge in [0, 0.05) is 38.4 Å². The Kier molecular flexibility index (Phi) is 5.48. The van der Waals surface area contributed by atoms with Gasteiger partial charge in [-0.1, -0.05) is 6.07 Å². The molecular weight excluding hydrogens is 202 g/mol. The number of hydrogen-bond acceptors (Lipinski definition) is 4. The summed E-state index contributed by atoms with van der Waals surface area (Å²) in [6, 6.07) is 6.00. The zero-order valence-electron chi connectivity index (χ0n) is 9.50. The first-order valence-electron chi connectivity index (χ1n) is 5.38. The Morgan fingerprint density at radius 1 is 1.62 bits per heavy atom. The van der Waals surface area contributed by atoms with Crippen LogP contribution in [-0.4, -0.2) is 34.2 Å². The van der Waals surface area contributed by atoms with E-state index in [1.807, 2.05) is 12.1 Å². The van der Waals surface area contributed by atoms with Crippen LogP contribution in [0.3, 0.4) is 0 Å². The van der Waals surface area contributed by atoms with Crippen LogP contribution in [0.1, 0.15) is 18.9 Å². The third-order valence-corrected chi connectivity index (χ3v) is 2.19. The summed E-state index contributed by atoms with van der Waals surface area (Å²) < 4.78 is 0. The monoisotopic (exact) mass is 219 g/mol. The SMILES string of the molecule is CC(O)CN(CCC#N)Cc1cccnc1. The molecule has 1 rings (SSSR count). The molecule has 86 valence electrons. The number of hydrogen-bond donors (Lipinski definition) is 1. The molecule has 0 fully saturated rings. The topological polar surface area (TPSA) is 60.1 Å². The molecule has 0 radical (unpaired) electrons. The van der Waals surface area contributed by atoms with Gasteiger partial charge in [-0.3, -0.25) is 9.88 Å². The van der Waals surface area contributed by atoms with Gasteiger partial charge in [0.05, 0.1) is 12.2 Å². The fraction of sp³-hybridized carbons (Fsp3) is 0.500. The highest BCUT2D eigenvalue weighted by atomic mass is 16.3. The van der Waals surface area contributed by atoms with E-state index in [4.69, 9.17) is 5.26 Å². The van der Waals surface area contributed by atoms with Crippen molar-refractivity contribution in [1.29, 1.82) is 5.26 Å². The molecule has 1 aromatic rings. The van der Waals surface area contributed by atoms with Gasteiger partial charge >= 0.3 is 0 Å². The van der Waals surface area contributed by atoms with Gasteiger partial charge in [-0.05, 0) is 18.6 Å². The van der Waals surface area contributed by atoms with Gasteiger partial charge in [0.1, 0.15) is 0 Å². The molecule has 4 heteroatoms. The van der Waals surface area contributed by atoms with E-state index in [1.54, 1.807) is 19.3 Å². The zero-order valence-corrected chi connectivity index (χ0v) is 9.50. The maximum atomic E-state index is 9.36. The average molecular weight is 219 g/mol. The van der Waals surface area contributed by atoms with Gasteiger partial charge in [-0.25, -0.2) is 0 Å². The highest BCUT2D eigenvalue weighted by Gasteiger charge is 2.08. The van der Waals surface area contributed by atoms with Crippen molar-refractivity contribution in [2.24, 2.45) is 0 Å². The third kappa shape index (κ3) is 4.87. The highest BCUT2D eigenvalue weighted by molar-refractivity contribution is 5.08. The van der Waals surface area contributed by atoms with Crippen molar-refractivity contribution in [3.8, 4) is 6.07 Å². The summed E-state index contributed by atoms with van der Waals surface area (Å²) in [4.78, 5) is 6.10. The van der Waals surface area contributed by atoms with Crippen LogP contribution < -0.4 is 0 Å². The Bertz CT molecular complexity index is 332. The Labute approximate surface area is 96.2 Å². The number of rotatable bonds is 6. The fourth-order valence-corrected chi connectivity index (χ4v) is 1.57. The minimum absolute atomic E-state index is 0.379. The standard InChI is InChI=1S/C12H17N3O/c1-11(16)9-15(7-3-5-13)10-12-4-2-6-14-8-12/h2,4,6,8,11,16H,3,7,9-10H2,1H3. The Hall–Kier alpha value is -1.44. The Morgan fingerprint density at radius 3 is 3.00 bits per heavy atom. The van der Waals surface area contributed by atoms with Crippen LogP contribution in [-0.2, 0) is 6.54 Å². The van der Waals surface area contributed by atoms with E-state index in [0.29, 0.717) is 19.5 Å². The lowest BCUT2D eigenvalue weighted by Crippen LogP contribution is -2.31. The second kappa shape index (κ2) is 6.94. The lowest BCUT2D eigenvalue weighted by molar-refractivity contribution is 0.124. The predicted molar refractivity (Wildman–Crippen MR) is 61.4 cm³/mol. The normalized spacial score (nSPS) is 12.4. The average Bonchev–Trinajstić information content (AvgIpc) is 2.26. The highest BCUT2D eigenvalue weighted by Crippen LogP contribution is 2.04. The van der Waals surface area contributed by atoms with Crippen molar-refractivity contribution in [3.05, 3.63) is 30.1 Å². The fourth-order valence-electron chi connectivity index (χ4n) is 1.57. The number of aromatic nitrogens is 1. The number of aliphatic hydroxyl groups is 1. The molecule has 1 heterocycles. The van der Waals surface area contributed by atoms with Gasteiger partial charge in [0.2, 0.25) is 0 Å². The molecule has 0 amide bonds. The van der Waals surface area contributed by atoms with Crippen LogP contribution in [0.5, 0.6) is 0 Å². The van der Waals surface area contributed by atoms with Crippen LogP contribution in [0.2, 0.25) is 0 Å². The largest absolute Gasteiger partial charge is 0.392 e. The van der Waals surface area contributed by atoms with Crippen LogP contribution in [0, 0.1) is 11.3 Å². The van der Waals surface area contributed by atoms with Crippen LogP contribution >= 0.6 is 0 Å². The molecule has 0 spiro atoms. The molecule has 1 aromatic heterocycles. The summed E-state index contributed by atoms with van der Waals surface area (Å²) >= 11 is 0. The minimum atomic E-state index is -0.379. The van der Waals surface area contributed by atoms with Crippen molar-refractivity contribution >= 4 is 0 Å². The van der Waals surface area contributed by atoms with Crippen molar-refractivity contribution in [1.82, 2.24) is 9.88 Å².